The van der Waals surface area contributed by atoms with E-state index < -0.39 is 0 Å². The van der Waals surface area contributed by atoms with E-state index in [0.717, 1.165) is 143 Å². The van der Waals surface area contributed by atoms with Gasteiger partial charge in [-0.05, 0) is 276 Å². The zero-order chi connectivity index (χ0) is 75.7. The molecule has 106 heavy (non-hydrogen) atoms. The van der Waals surface area contributed by atoms with E-state index in [0.29, 0.717) is 47.1 Å². The van der Waals surface area contributed by atoms with Crippen molar-refractivity contribution < 1.29 is 33.9 Å². The van der Waals surface area contributed by atoms with E-state index in [-0.39, 0.29) is 5.75 Å². The maximum Gasteiger partial charge on any atom is 0.187 e. The lowest BCUT2D eigenvalue weighted by molar-refractivity contribution is 0.160. The third-order valence-corrected chi connectivity index (χ3v) is 19.6. The number of aromatic hydroxyl groups is 1. The number of phenolic OH excluding ortho intramolecular Hbond substituents is 1. The Morgan fingerprint density at radius 1 is 0.368 bits per heavy atom. The minimum absolute atomic E-state index is 0.189. The maximum absolute atomic E-state index is 8.88. The fourth-order valence-corrected chi connectivity index (χ4v) is 13.0. The highest BCUT2D eigenvalue weighted by Gasteiger charge is 2.21. The number of nitriles is 2. The molecule has 4 aliphatic rings. The summed E-state index contributed by atoms with van der Waals surface area (Å²) in [5.41, 5.74) is 3.84. The topological polar surface area (TPSA) is 173 Å². The Kier molecular flexibility index (Phi) is 46.4. The van der Waals surface area contributed by atoms with Crippen LogP contribution in [-0.4, -0.2) is 137 Å². The van der Waals surface area contributed by atoms with Gasteiger partial charge in [0, 0.05) is 26.2 Å². The van der Waals surface area contributed by atoms with E-state index in [2.05, 4.69) is 66.2 Å². The number of aliphatic hydroxyl groups excluding tert-OH is 1. The Morgan fingerprint density at radius 3 is 0.925 bits per heavy atom. The van der Waals surface area contributed by atoms with Crippen LogP contribution in [0.3, 0.4) is 0 Å². The SMILES string of the molecule is CCCCC1CCNCC1.N#Cc1ccc(O)cc1.[C-]#[N+]c1ccc(OCCCC)cc1.[C-]#[N+]c1ccc(OCCCN2CCC(CCCC)CC2)cc1.[C-]#[N+]c1ccc(OCCCN2CCC(CCCO)CC2)cc1.[C-]#[N+]c1ccc(OCCCN2CCC(CCCOc3ccc(C#N)cc3)CC2)cc1. The van der Waals surface area contributed by atoms with Gasteiger partial charge in [0.1, 0.15) is 34.5 Å². The quantitative estimate of drug-likeness (QED) is 0.0263. The number of nitrogens with one attached hydrogen (secondary N) is 1. The van der Waals surface area contributed by atoms with E-state index in [1.165, 1.54) is 167 Å². The van der Waals surface area contributed by atoms with Gasteiger partial charge in [-0.3, -0.25) is 0 Å². The van der Waals surface area contributed by atoms with Crippen molar-refractivity contribution in [2.75, 3.05) is 112 Å². The first-order valence-electron chi connectivity index (χ1n) is 39.2. The van der Waals surface area contributed by atoms with Crippen molar-refractivity contribution in [2.45, 2.75) is 168 Å². The number of hydrogen-bond acceptors (Lipinski definition) is 13. The van der Waals surface area contributed by atoms with Gasteiger partial charge in [-0.2, -0.15) is 10.5 Å². The number of likely N-dealkylation sites (tertiary alicyclic amines) is 3. The number of piperidine rings is 4. The van der Waals surface area contributed by atoms with Crippen LogP contribution in [0.1, 0.15) is 180 Å². The second-order valence-corrected chi connectivity index (χ2v) is 27.7. The molecule has 3 N–H and O–H groups in total. The average molecular weight is 1440 g/mol. The molecule has 0 bridgehead atoms. The number of rotatable bonds is 33. The number of phenols is 1. The molecule has 0 radical (unpaired) electrons. The molecule has 0 atom stereocenters. The second-order valence-electron chi connectivity index (χ2n) is 27.7. The van der Waals surface area contributed by atoms with Crippen LogP contribution in [0.5, 0.6) is 34.5 Å². The minimum atomic E-state index is 0.189. The summed E-state index contributed by atoms with van der Waals surface area (Å²) in [4.78, 5) is 21.1. The number of aliphatic hydroxyl groups is 1. The van der Waals surface area contributed by atoms with Gasteiger partial charge in [0.25, 0.3) is 0 Å². The van der Waals surface area contributed by atoms with Crippen LogP contribution < -0.4 is 29.0 Å². The van der Waals surface area contributed by atoms with Gasteiger partial charge >= 0.3 is 0 Å². The number of benzene rings is 6. The molecule has 6 aromatic carbocycles. The Bertz CT molecular complexity index is 3310. The molecule has 0 amide bonds. The third-order valence-electron chi connectivity index (χ3n) is 19.6. The molecule has 4 heterocycles. The van der Waals surface area contributed by atoms with Gasteiger partial charge in [-0.1, -0.05) is 114 Å². The highest BCUT2D eigenvalue weighted by molar-refractivity contribution is 5.49. The van der Waals surface area contributed by atoms with Crippen molar-refractivity contribution in [3.63, 3.8) is 0 Å². The highest BCUT2D eigenvalue weighted by Crippen LogP contribution is 2.28. The summed E-state index contributed by atoms with van der Waals surface area (Å²) in [5.74, 6) is 8.03. The van der Waals surface area contributed by atoms with Gasteiger partial charge in [0.15, 0.2) is 22.7 Å². The van der Waals surface area contributed by atoms with Crippen molar-refractivity contribution in [2.24, 2.45) is 23.7 Å². The zero-order valence-electron chi connectivity index (χ0n) is 63.9. The second kappa shape index (κ2) is 56.2. The monoisotopic (exact) mass is 1440 g/mol. The van der Waals surface area contributed by atoms with Gasteiger partial charge < -0.3 is 53.9 Å². The lowest BCUT2D eigenvalue weighted by Crippen LogP contribution is -2.35. The molecule has 0 aromatic heterocycles. The Balaban J connectivity index is 0.000000239. The van der Waals surface area contributed by atoms with Crippen molar-refractivity contribution in [3.8, 4) is 46.6 Å². The molecule has 6 aromatic rings. The van der Waals surface area contributed by atoms with E-state index in [1.54, 1.807) is 60.7 Å². The third kappa shape index (κ3) is 39.3. The molecule has 17 nitrogen and oxygen atoms in total. The van der Waals surface area contributed by atoms with Gasteiger partial charge in [-0.25, -0.2) is 19.4 Å². The molecule has 0 spiro atoms. The Hall–Kier alpha value is -9.14. The molecule has 4 fully saturated rings. The smallest absolute Gasteiger partial charge is 0.187 e. The molecular formula is C89H120N10O7. The van der Waals surface area contributed by atoms with Crippen molar-refractivity contribution >= 4 is 22.7 Å². The van der Waals surface area contributed by atoms with Crippen LogP contribution in [-0.2, 0) is 0 Å². The summed E-state index contributed by atoms with van der Waals surface area (Å²) in [6.45, 7) is 51.3. The summed E-state index contributed by atoms with van der Waals surface area (Å²) < 4.78 is 28.5. The van der Waals surface area contributed by atoms with Crippen LogP contribution in [0.4, 0.5) is 22.7 Å². The standard InChI is InChI=1S/C25H29N3O2.C19H28N2O.C18H26N2O2.C11H13NO.C9H19N.C7H5NO/c1-27-23-7-11-25(12-8-23)30-19-3-15-28-16-13-21(14-17-28)4-2-18-29-24-9-5-22(20-26)6-10-24;1-3-4-6-17-11-14-21(15-12-17)13-5-16-22-19-9-7-18(20-2)8-10-19;1-19-17-5-7-18(8-6-17)22-15-3-11-20-12-9-16(10-13-20)4-2-14-21;1-3-4-9-13-11-7-5-10(12-2)6-8-11;1-2-3-4-9-5-7-10-8-6-9;8-5-6-1-3-7(9)4-2-6/h5-12,21H,2-4,13-19H2;7-10,17H,3-6,11-16H2,1H3;5-8,16,21H,2-4,9-15H2;5-8H,3-4,9H2,1H3;9-10H,2-8H2,1H3;1-4,9H. The van der Waals surface area contributed by atoms with Crippen molar-refractivity contribution in [1.82, 2.24) is 20.0 Å². The first-order valence-corrected chi connectivity index (χ1v) is 39.2. The average Bonchev–Trinajstić information content (AvgIpc) is 0.928. The number of hydrogen-bond donors (Lipinski definition) is 3. The van der Waals surface area contributed by atoms with E-state index in [1.807, 2.05) is 78.9 Å². The normalized spacial score (nSPS) is 14.8. The van der Waals surface area contributed by atoms with Crippen LogP contribution in [0.15, 0.2) is 146 Å². The highest BCUT2D eigenvalue weighted by atomic mass is 16.5. The summed E-state index contributed by atoms with van der Waals surface area (Å²) in [5, 5.41) is 38.1. The maximum atomic E-state index is 8.88. The zero-order valence-corrected chi connectivity index (χ0v) is 63.9. The predicted octanol–water partition coefficient (Wildman–Crippen LogP) is 20.7. The largest absolute Gasteiger partial charge is 0.508 e. The first kappa shape index (κ1) is 87.5. The van der Waals surface area contributed by atoms with Crippen molar-refractivity contribution in [1.29, 1.82) is 10.5 Å². The molecule has 0 aliphatic carbocycles. The Labute approximate surface area is 636 Å². The lowest BCUT2D eigenvalue weighted by Gasteiger charge is -2.32. The fraction of sp³-hybridized carbons (Fsp3) is 0.528. The summed E-state index contributed by atoms with van der Waals surface area (Å²) >= 11 is 0. The van der Waals surface area contributed by atoms with Gasteiger partial charge in [0.05, 0.1) is 82.6 Å². The molecule has 17 heteroatoms. The van der Waals surface area contributed by atoms with Gasteiger partial charge in [-0.15, -0.1) is 0 Å². The van der Waals surface area contributed by atoms with E-state index in [4.69, 9.17) is 70.7 Å². The molecular weight excluding hydrogens is 1320 g/mol. The van der Waals surface area contributed by atoms with Crippen molar-refractivity contribution in [3.05, 3.63) is 202 Å². The van der Waals surface area contributed by atoms with Crippen LogP contribution in [0, 0.1) is 72.6 Å². The minimum Gasteiger partial charge on any atom is -0.508 e. The summed E-state index contributed by atoms with van der Waals surface area (Å²) in [6, 6.07) is 46.7. The number of unbranched alkanes of at least 4 members (excludes halogenated alkanes) is 3. The first-order chi connectivity index (χ1) is 52.0. The van der Waals surface area contributed by atoms with Crippen LogP contribution in [0.2, 0.25) is 0 Å². The predicted molar refractivity (Wildman–Crippen MR) is 429 cm³/mol. The molecule has 4 saturated heterocycles. The lowest BCUT2D eigenvalue weighted by atomic mass is 9.91. The molecule has 10 rings (SSSR count). The van der Waals surface area contributed by atoms with Gasteiger partial charge in [0.2, 0.25) is 0 Å². The Morgan fingerprint density at radius 2 is 0.632 bits per heavy atom. The summed E-state index contributed by atoms with van der Waals surface area (Å²) in [7, 11) is 0. The molecule has 0 unspecified atom stereocenters. The fourth-order valence-electron chi connectivity index (χ4n) is 13.0. The molecule has 568 valence electrons. The number of ether oxygens (including phenoxy) is 5. The van der Waals surface area contributed by atoms with Crippen LogP contribution >= 0.6 is 0 Å². The van der Waals surface area contributed by atoms with Crippen LogP contribution in [0.25, 0.3) is 19.4 Å². The number of nitrogens with zero attached hydrogens (tertiary/aromatic N) is 9. The van der Waals surface area contributed by atoms with E-state index >= 15 is 0 Å². The summed E-state index contributed by atoms with van der Waals surface area (Å²) in [6.07, 6.45) is 28.8. The van der Waals surface area contributed by atoms with E-state index in [9.17, 15) is 0 Å². The molecule has 0 saturated carbocycles. The molecule has 4 aliphatic heterocycles.